The quantitative estimate of drug-likeness (QED) is 0.833. The molecule has 2 fully saturated rings. The molecule has 0 aliphatic carbocycles. The molecule has 6 heteroatoms. The van der Waals surface area contributed by atoms with Gasteiger partial charge in [0.15, 0.2) is 0 Å². The van der Waals surface area contributed by atoms with Gasteiger partial charge in [0.25, 0.3) is 5.91 Å². The number of aromatic nitrogens is 2. The van der Waals surface area contributed by atoms with Gasteiger partial charge in [0.2, 0.25) is 0 Å². The van der Waals surface area contributed by atoms with Crippen LogP contribution in [-0.2, 0) is 0 Å². The summed E-state index contributed by atoms with van der Waals surface area (Å²) >= 11 is 0. The molecule has 3 heterocycles. The molecule has 2 saturated heterocycles. The van der Waals surface area contributed by atoms with Gasteiger partial charge >= 0.3 is 0 Å². The van der Waals surface area contributed by atoms with Gasteiger partial charge in [-0.2, -0.15) is 5.10 Å². The fourth-order valence-corrected chi connectivity index (χ4v) is 3.06. The maximum absolute atomic E-state index is 12.4. The number of hydrogen-bond donors (Lipinski definition) is 1. The first kappa shape index (κ1) is 13.6. The van der Waals surface area contributed by atoms with Crippen LogP contribution in [0, 0.1) is 13.8 Å². The van der Waals surface area contributed by atoms with Gasteiger partial charge in [-0.25, -0.2) is 0 Å². The molecule has 1 amide bonds. The minimum absolute atomic E-state index is 0.124. The third kappa shape index (κ3) is 2.33. The van der Waals surface area contributed by atoms with Crippen LogP contribution in [0.5, 0.6) is 0 Å². The molecule has 0 aromatic carbocycles. The fraction of sp³-hybridized carbons (Fsp3) is 0.714. The molecule has 20 heavy (non-hydrogen) atoms. The minimum Gasteiger partial charge on any atom is -0.335 e. The largest absolute Gasteiger partial charge is 0.335 e. The summed E-state index contributed by atoms with van der Waals surface area (Å²) in [7, 11) is 2.17. The maximum Gasteiger partial charge on any atom is 0.257 e. The lowest BCUT2D eigenvalue weighted by Gasteiger charge is -2.47. The molecular formula is C14H23N5O. The Morgan fingerprint density at radius 3 is 2.40 bits per heavy atom. The number of aromatic amines is 1. The minimum atomic E-state index is 0.124. The predicted octanol–water partition coefficient (Wildman–Crippen LogP) is 0.0983. The summed E-state index contributed by atoms with van der Waals surface area (Å²) in [6.07, 6.45) is 0. The van der Waals surface area contributed by atoms with Crippen molar-refractivity contribution in [2.75, 3.05) is 46.3 Å². The highest BCUT2D eigenvalue weighted by Crippen LogP contribution is 2.21. The van der Waals surface area contributed by atoms with Crippen LogP contribution in [0.25, 0.3) is 0 Å². The highest BCUT2D eigenvalue weighted by atomic mass is 16.2. The van der Waals surface area contributed by atoms with Crippen molar-refractivity contribution in [3.8, 4) is 0 Å². The number of likely N-dealkylation sites (N-methyl/N-ethyl adjacent to an activating group) is 1. The van der Waals surface area contributed by atoms with E-state index < -0.39 is 0 Å². The molecule has 1 N–H and O–H groups in total. The summed E-state index contributed by atoms with van der Waals surface area (Å²) in [6, 6.07) is 0.542. The van der Waals surface area contributed by atoms with E-state index in [-0.39, 0.29) is 5.91 Å². The van der Waals surface area contributed by atoms with Gasteiger partial charge in [-0.15, -0.1) is 0 Å². The predicted molar refractivity (Wildman–Crippen MR) is 76.8 cm³/mol. The zero-order valence-electron chi connectivity index (χ0n) is 12.5. The van der Waals surface area contributed by atoms with Crippen molar-refractivity contribution in [1.82, 2.24) is 24.9 Å². The number of nitrogens with one attached hydrogen (secondary N) is 1. The second-order valence-corrected chi connectivity index (χ2v) is 6.01. The molecule has 3 rings (SSSR count). The highest BCUT2D eigenvalue weighted by Gasteiger charge is 2.37. The molecule has 0 radical (unpaired) electrons. The summed E-state index contributed by atoms with van der Waals surface area (Å²) in [6.45, 7) is 9.99. The van der Waals surface area contributed by atoms with Gasteiger partial charge in [-0.1, -0.05) is 0 Å². The summed E-state index contributed by atoms with van der Waals surface area (Å²) in [4.78, 5) is 19.3. The van der Waals surface area contributed by atoms with Gasteiger partial charge in [0.1, 0.15) is 0 Å². The average Bonchev–Trinajstić information content (AvgIpc) is 2.69. The molecule has 0 spiro atoms. The third-order valence-electron chi connectivity index (χ3n) is 4.55. The van der Waals surface area contributed by atoms with Crippen LogP contribution in [0.15, 0.2) is 0 Å². The SMILES string of the molecule is Cc1n[nH]c(C)c1C(=O)N1CC(N2CCN(C)CC2)C1. The van der Waals surface area contributed by atoms with E-state index in [1.165, 1.54) is 0 Å². The Balaban J connectivity index is 1.57. The topological polar surface area (TPSA) is 55.5 Å². The monoisotopic (exact) mass is 277 g/mol. The number of aryl methyl sites for hydroxylation is 2. The number of piperazine rings is 1. The van der Waals surface area contributed by atoms with E-state index in [4.69, 9.17) is 0 Å². The number of hydrogen-bond acceptors (Lipinski definition) is 4. The van der Waals surface area contributed by atoms with Gasteiger partial charge in [0.05, 0.1) is 11.3 Å². The van der Waals surface area contributed by atoms with Crippen molar-refractivity contribution in [2.24, 2.45) is 0 Å². The lowest BCUT2D eigenvalue weighted by Crippen LogP contribution is -2.64. The molecule has 0 atom stereocenters. The molecule has 0 unspecified atom stereocenters. The van der Waals surface area contributed by atoms with E-state index in [9.17, 15) is 4.79 Å². The highest BCUT2D eigenvalue weighted by molar-refractivity contribution is 5.96. The second kappa shape index (κ2) is 5.18. The second-order valence-electron chi connectivity index (χ2n) is 6.01. The standard InChI is InChI=1S/C14H23N5O/c1-10-13(11(2)16-15-10)14(20)19-8-12(9-19)18-6-4-17(3)5-7-18/h12H,4-9H2,1-3H3,(H,15,16). The van der Waals surface area contributed by atoms with Gasteiger partial charge in [-0.3, -0.25) is 14.8 Å². The normalized spacial score (nSPS) is 22.1. The van der Waals surface area contributed by atoms with Crippen LogP contribution >= 0.6 is 0 Å². The van der Waals surface area contributed by atoms with Crippen molar-refractivity contribution in [1.29, 1.82) is 0 Å². The Morgan fingerprint density at radius 1 is 1.20 bits per heavy atom. The van der Waals surface area contributed by atoms with Crippen molar-refractivity contribution < 1.29 is 4.79 Å². The average molecular weight is 277 g/mol. The summed E-state index contributed by atoms with van der Waals surface area (Å²) < 4.78 is 0. The summed E-state index contributed by atoms with van der Waals surface area (Å²) in [5.74, 6) is 0.124. The van der Waals surface area contributed by atoms with Crippen LogP contribution in [-0.4, -0.2) is 83.2 Å². The Morgan fingerprint density at radius 2 is 1.85 bits per heavy atom. The van der Waals surface area contributed by atoms with E-state index >= 15 is 0 Å². The summed E-state index contributed by atoms with van der Waals surface area (Å²) in [5, 5.41) is 6.99. The number of amides is 1. The number of rotatable bonds is 2. The molecule has 2 aliphatic rings. The molecule has 0 bridgehead atoms. The van der Waals surface area contributed by atoms with E-state index in [1.807, 2.05) is 18.7 Å². The number of carbonyl (C=O) groups excluding carboxylic acids is 1. The lowest BCUT2D eigenvalue weighted by molar-refractivity contribution is 0.0109. The van der Waals surface area contributed by atoms with Crippen molar-refractivity contribution in [3.05, 3.63) is 17.0 Å². The van der Waals surface area contributed by atoms with Gasteiger partial charge < -0.3 is 9.80 Å². The number of likely N-dealkylation sites (tertiary alicyclic amines) is 1. The third-order valence-corrected chi connectivity index (χ3v) is 4.55. The van der Waals surface area contributed by atoms with Crippen LogP contribution in [0.4, 0.5) is 0 Å². The molecule has 2 aliphatic heterocycles. The number of carbonyl (C=O) groups is 1. The van der Waals surface area contributed by atoms with E-state index in [1.54, 1.807) is 0 Å². The van der Waals surface area contributed by atoms with Crippen molar-refractivity contribution in [3.63, 3.8) is 0 Å². The van der Waals surface area contributed by atoms with Crippen molar-refractivity contribution in [2.45, 2.75) is 19.9 Å². The van der Waals surface area contributed by atoms with E-state index in [2.05, 4.69) is 27.0 Å². The Labute approximate surface area is 119 Å². The molecule has 110 valence electrons. The molecule has 6 nitrogen and oxygen atoms in total. The number of H-pyrrole nitrogens is 1. The number of nitrogens with zero attached hydrogens (tertiary/aromatic N) is 4. The smallest absolute Gasteiger partial charge is 0.257 e. The van der Waals surface area contributed by atoms with Gasteiger partial charge in [-0.05, 0) is 20.9 Å². The molecular weight excluding hydrogens is 254 g/mol. The molecule has 0 saturated carbocycles. The lowest BCUT2D eigenvalue weighted by atomic mass is 10.0. The van der Waals surface area contributed by atoms with E-state index in [0.29, 0.717) is 6.04 Å². The first-order valence-corrected chi connectivity index (χ1v) is 7.29. The van der Waals surface area contributed by atoms with Crippen LogP contribution < -0.4 is 0 Å². The Kier molecular flexibility index (Phi) is 3.52. The molecule has 1 aromatic rings. The summed E-state index contributed by atoms with van der Waals surface area (Å²) in [5.41, 5.74) is 2.42. The fourth-order valence-electron chi connectivity index (χ4n) is 3.06. The van der Waals surface area contributed by atoms with Crippen molar-refractivity contribution >= 4 is 5.91 Å². The zero-order chi connectivity index (χ0) is 14.3. The van der Waals surface area contributed by atoms with Gasteiger partial charge in [0, 0.05) is 51.0 Å². The van der Waals surface area contributed by atoms with E-state index in [0.717, 1.165) is 56.2 Å². The van der Waals surface area contributed by atoms with Crippen LogP contribution in [0.3, 0.4) is 0 Å². The first-order valence-electron chi connectivity index (χ1n) is 7.29. The Hall–Kier alpha value is -1.40. The first-order chi connectivity index (χ1) is 9.56. The van der Waals surface area contributed by atoms with Crippen LogP contribution in [0.1, 0.15) is 21.7 Å². The van der Waals surface area contributed by atoms with Crippen LogP contribution in [0.2, 0.25) is 0 Å². The zero-order valence-corrected chi connectivity index (χ0v) is 12.5. The maximum atomic E-state index is 12.4. The molecule has 1 aromatic heterocycles. The Bertz CT molecular complexity index is 478.